The SMILES string of the molecule is O=C(NCC1(O)CCOCC1)c1cc(I)ccc1Br. The molecule has 0 aromatic heterocycles. The van der Waals surface area contributed by atoms with E-state index in [1.54, 1.807) is 0 Å². The van der Waals surface area contributed by atoms with Crippen LogP contribution >= 0.6 is 38.5 Å². The molecule has 0 saturated carbocycles. The van der Waals surface area contributed by atoms with Crippen LogP contribution in [-0.4, -0.2) is 36.4 Å². The molecule has 1 aromatic carbocycles. The first kappa shape index (κ1) is 15.2. The van der Waals surface area contributed by atoms with Gasteiger partial charge >= 0.3 is 0 Å². The highest BCUT2D eigenvalue weighted by Crippen LogP contribution is 2.21. The Hall–Kier alpha value is -0.180. The van der Waals surface area contributed by atoms with Crippen LogP contribution in [0.3, 0.4) is 0 Å². The molecule has 0 bridgehead atoms. The van der Waals surface area contributed by atoms with E-state index in [2.05, 4.69) is 43.8 Å². The normalized spacial score (nSPS) is 18.1. The smallest absolute Gasteiger partial charge is 0.252 e. The average molecular weight is 440 g/mol. The maximum absolute atomic E-state index is 12.1. The number of halogens is 2. The summed E-state index contributed by atoms with van der Waals surface area (Å²) in [5.41, 5.74) is -0.259. The molecule has 1 aliphatic rings. The lowest BCUT2D eigenvalue weighted by atomic mass is 9.94. The molecule has 0 atom stereocenters. The lowest BCUT2D eigenvalue weighted by Gasteiger charge is -2.32. The number of rotatable bonds is 3. The summed E-state index contributed by atoms with van der Waals surface area (Å²) in [6, 6.07) is 5.58. The van der Waals surface area contributed by atoms with E-state index >= 15 is 0 Å². The van der Waals surface area contributed by atoms with Gasteiger partial charge in [0.1, 0.15) is 0 Å². The summed E-state index contributed by atoms with van der Waals surface area (Å²) in [6.07, 6.45) is 1.11. The Labute approximate surface area is 134 Å². The van der Waals surface area contributed by atoms with Crippen LogP contribution in [0.5, 0.6) is 0 Å². The number of benzene rings is 1. The third kappa shape index (κ3) is 4.14. The molecule has 1 heterocycles. The second-order valence-corrected chi connectivity index (χ2v) is 6.74. The Kier molecular flexibility index (Phi) is 5.22. The van der Waals surface area contributed by atoms with Crippen molar-refractivity contribution in [2.24, 2.45) is 0 Å². The third-order valence-electron chi connectivity index (χ3n) is 3.17. The number of aliphatic hydroxyl groups is 1. The summed E-state index contributed by atoms with van der Waals surface area (Å²) in [4.78, 5) is 12.1. The van der Waals surface area contributed by atoms with Gasteiger partial charge in [0, 0.05) is 40.6 Å². The highest BCUT2D eigenvalue weighted by molar-refractivity contribution is 14.1. The van der Waals surface area contributed by atoms with Crippen molar-refractivity contribution in [3.63, 3.8) is 0 Å². The lowest BCUT2D eigenvalue weighted by Crippen LogP contribution is -2.46. The van der Waals surface area contributed by atoms with Gasteiger partial charge in [0.05, 0.1) is 11.2 Å². The predicted molar refractivity (Wildman–Crippen MR) is 84.2 cm³/mol. The molecule has 1 saturated heterocycles. The van der Waals surface area contributed by atoms with Gasteiger partial charge in [-0.1, -0.05) is 0 Å². The van der Waals surface area contributed by atoms with Crippen LogP contribution in [0.15, 0.2) is 22.7 Å². The van der Waals surface area contributed by atoms with E-state index in [1.807, 2.05) is 18.2 Å². The molecular weight excluding hydrogens is 425 g/mol. The van der Waals surface area contributed by atoms with E-state index in [1.165, 1.54) is 0 Å². The van der Waals surface area contributed by atoms with Crippen molar-refractivity contribution < 1.29 is 14.6 Å². The molecule has 0 aliphatic carbocycles. The second kappa shape index (κ2) is 6.51. The van der Waals surface area contributed by atoms with E-state index < -0.39 is 5.60 Å². The van der Waals surface area contributed by atoms with Gasteiger partial charge in [-0.3, -0.25) is 4.79 Å². The number of carbonyl (C=O) groups excluding carboxylic acids is 1. The van der Waals surface area contributed by atoms with Crippen LogP contribution in [0, 0.1) is 3.57 Å². The fourth-order valence-corrected chi connectivity index (χ4v) is 2.86. The largest absolute Gasteiger partial charge is 0.388 e. The summed E-state index contributed by atoms with van der Waals surface area (Å²) >= 11 is 5.53. The number of hydrogen-bond acceptors (Lipinski definition) is 3. The highest BCUT2D eigenvalue weighted by atomic mass is 127. The van der Waals surface area contributed by atoms with Crippen molar-refractivity contribution in [2.45, 2.75) is 18.4 Å². The van der Waals surface area contributed by atoms with Gasteiger partial charge in [-0.25, -0.2) is 0 Å². The van der Waals surface area contributed by atoms with E-state index in [0.717, 1.165) is 8.04 Å². The summed E-state index contributed by atoms with van der Waals surface area (Å²) in [7, 11) is 0. The Balaban J connectivity index is 1.99. The Morgan fingerprint density at radius 2 is 2.16 bits per heavy atom. The second-order valence-electron chi connectivity index (χ2n) is 4.64. The minimum atomic E-state index is -0.845. The molecule has 6 heteroatoms. The van der Waals surface area contributed by atoms with Gasteiger partial charge in [-0.05, 0) is 56.7 Å². The number of carbonyl (C=O) groups is 1. The highest BCUT2D eigenvalue weighted by Gasteiger charge is 2.30. The van der Waals surface area contributed by atoms with Crippen molar-refractivity contribution in [1.82, 2.24) is 5.32 Å². The molecule has 2 N–H and O–H groups in total. The minimum Gasteiger partial charge on any atom is -0.388 e. The fraction of sp³-hybridized carbons (Fsp3) is 0.462. The van der Waals surface area contributed by atoms with Gasteiger partial charge in [-0.2, -0.15) is 0 Å². The first-order valence-electron chi connectivity index (χ1n) is 6.04. The number of ether oxygens (including phenoxy) is 1. The molecule has 0 unspecified atom stereocenters. The van der Waals surface area contributed by atoms with Crippen LogP contribution in [0.4, 0.5) is 0 Å². The zero-order chi connectivity index (χ0) is 13.9. The van der Waals surface area contributed by atoms with Crippen LogP contribution in [0.2, 0.25) is 0 Å². The summed E-state index contributed by atoms with van der Waals surface area (Å²) in [6.45, 7) is 1.34. The first-order valence-corrected chi connectivity index (χ1v) is 7.91. The molecule has 1 amide bonds. The molecule has 19 heavy (non-hydrogen) atoms. The van der Waals surface area contributed by atoms with Crippen molar-refractivity contribution in [3.8, 4) is 0 Å². The summed E-state index contributed by atoms with van der Waals surface area (Å²) in [5.74, 6) is -0.176. The van der Waals surface area contributed by atoms with E-state index in [0.29, 0.717) is 31.6 Å². The lowest BCUT2D eigenvalue weighted by molar-refractivity contribution is -0.0605. The van der Waals surface area contributed by atoms with Gasteiger partial charge in [0.25, 0.3) is 5.91 Å². The molecule has 1 fully saturated rings. The topological polar surface area (TPSA) is 58.6 Å². The monoisotopic (exact) mass is 439 g/mol. The quantitative estimate of drug-likeness (QED) is 0.710. The minimum absolute atomic E-state index is 0.176. The first-order chi connectivity index (χ1) is 9.00. The van der Waals surface area contributed by atoms with Crippen LogP contribution in [-0.2, 0) is 4.74 Å². The standard InChI is InChI=1S/C13H15BrINO3/c14-11-2-1-9(15)7-10(11)12(17)16-8-13(18)3-5-19-6-4-13/h1-2,7,18H,3-6,8H2,(H,16,17). The van der Waals surface area contributed by atoms with Crippen molar-refractivity contribution in [1.29, 1.82) is 0 Å². The Bertz CT molecular complexity index is 475. The van der Waals surface area contributed by atoms with E-state index in [9.17, 15) is 9.90 Å². The fourth-order valence-electron chi connectivity index (χ4n) is 1.94. The molecule has 104 valence electrons. The van der Waals surface area contributed by atoms with E-state index in [4.69, 9.17) is 4.74 Å². The molecule has 0 radical (unpaired) electrons. The third-order valence-corrected chi connectivity index (χ3v) is 4.54. The molecule has 0 spiro atoms. The van der Waals surface area contributed by atoms with Crippen molar-refractivity contribution >= 4 is 44.4 Å². The van der Waals surface area contributed by atoms with Gasteiger partial charge in [-0.15, -0.1) is 0 Å². The summed E-state index contributed by atoms with van der Waals surface area (Å²) in [5, 5.41) is 13.1. The van der Waals surface area contributed by atoms with Crippen LogP contribution in [0.25, 0.3) is 0 Å². The number of hydrogen-bond donors (Lipinski definition) is 2. The maximum Gasteiger partial charge on any atom is 0.252 e. The van der Waals surface area contributed by atoms with Crippen molar-refractivity contribution in [3.05, 3.63) is 31.8 Å². The van der Waals surface area contributed by atoms with Crippen LogP contribution < -0.4 is 5.32 Å². The summed E-state index contributed by atoms with van der Waals surface area (Å²) < 4.78 is 6.96. The molecule has 1 aliphatic heterocycles. The number of nitrogens with one attached hydrogen (secondary N) is 1. The van der Waals surface area contributed by atoms with Gasteiger partial charge < -0.3 is 15.2 Å². The maximum atomic E-state index is 12.1. The molecule has 4 nitrogen and oxygen atoms in total. The Morgan fingerprint density at radius 3 is 2.84 bits per heavy atom. The zero-order valence-electron chi connectivity index (χ0n) is 10.3. The number of amides is 1. The molecular formula is C13H15BrINO3. The average Bonchev–Trinajstić information content (AvgIpc) is 2.40. The van der Waals surface area contributed by atoms with Crippen molar-refractivity contribution in [2.75, 3.05) is 19.8 Å². The predicted octanol–water partition coefficient (Wildman–Crippen LogP) is 2.33. The van der Waals surface area contributed by atoms with Crippen LogP contribution in [0.1, 0.15) is 23.2 Å². The van der Waals surface area contributed by atoms with E-state index in [-0.39, 0.29) is 12.5 Å². The Morgan fingerprint density at radius 1 is 1.47 bits per heavy atom. The molecule has 1 aromatic rings. The van der Waals surface area contributed by atoms with Gasteiger partial charge in [0.15, 0.2) is 0 Å². The zero-order valence-corrected chi connectivity index (χ0v) is 14.0. The molecule has 2 rings (SSSR count). The van der Waals surface area contributed by atoms with Gasteiger partial charge in [0.2, 0.25) is 0 Å².